The molecule has 4 rings (SSSR count). The Morgan fingerprint density at radius 2 is 2.04 bits per heavy atom. The smallest absolute Gasteiger partial charge is 0.378 e. The minimum Gasteiger partial charge on any atom is -0.453 e. The lowest BCUT2D eigenvalue weighted by atomic mass is 10.3. The van der Waals surface area contributed by atoms with E-state index in [4.69, 9.17) is 16.3 Å². The van der Waals surface area contributed by atoms with Gasteiger partial charge in [0.25, 0.3) is 5.82 Å². The zero-order valence-electron chi connectivity index (χ0n) is 13.1. The molecule has 0 saturated carbocycles. The Kier molecular flexibility index (Phi) is 4.74. The molecule has 0 saturated heterocycles. The van der Waals surface area contributed by atoms with Crippen molar-refractivity contribution in [1.82, 2.24) is 24.4 Å². The number of aromatic nitrogens is 5. The van der Waals surface area contributed by atoms with Gasteiger partial charge in [-0.2, -0.15) is 4.98 Å². The summed E-state index contributed by atoms with van der Waals surface area (Å²) in [5, 5.41) is 10.1. The van der Waals surface area contributed by atoms with E-state index in [0.717, 1.165) is 22.1 Å². The Morgan fingerprint density at radius 3 is 2.73 bits per heavy atom. The number of rotatable bonds is 5. The normalized spacial score (nSPS) is 10.8. The number of benzene rings is 1. The van der Waals surface area contributed by atoms with E-state index < -0.39 is 5.97 Å². The first-order valence-corrected chi connectivity index (χ1v) is 9.45. The molecule has 0 N–H and O–H groups in total. The topological polar surface area (TPSA) is 82.8 Å². The van der Waals surface area contributed by atoms with Crippen molar-refractivity contribution in [1.29, 1.82) is 0 Å². The third-order valence-corrected chi connectivity index (χ3v) is 5.23. The van der Waals surface area contributed by atoms with Crippen LogP contribution in [-0.4, -0.2) is 30.3 Å². The molecule has 7 nitrogen and oxygen atoms in total. The SMILES string of the molecule is O=C(OCc1nnsc1Cl)c1nc(-c2cccs2)n(-c2ccccc2)n1. The third kappa shape index (κ3) is 3.36. The summed E-state index contributed by atoms with van der Waals surface area (Å²) in [4.78, 5) is 17.6. The molecule has 0 bridgehead atoms. The first kappa shape index (κ1) is 16.8. The molecule has 0 fully saturated rings. The van der Waals surface area contributed by atoms with Crippen LogP contribution in [0.5, 0.6) is 0 Å². The summed E-state index contributed by atoms with van der Waals surface area (Å²) in [7, 11) is 0. The van der Waals surface area contributed by atoms with Crippen LogP contribution in [0.25, 0.3) is 16.4 Å². The Hall–Kier alpha value is -2.62. The Labute approximate surface area is 161 Å². The van der Waals surface area contributed by atoms with E-state index in [1.54, 1.807) is 4.68 Å². The Balaban J connectivity index is 1.65. The highest BCUT2D eigenvalue weighted by Gasteiger charge is 2.21. The van der Waals surface area contributed by atoms with E-state index in [0.29, 0.717) is 15.9 Å². The number of carbonyl (C=O) groups is 1. The number of halogens is 1. The summed E-state index contributed by atoms with van der Waals surface area (Å²) in [6.45, 7) is -0.0810. The fraction of sp³-hybridized carbons (Fsp3) is 0.0625. The van der Waals surface area contributed by atoms with Crippen LogP contribution in [0.2, 0.25) is 4.34 Å². The van der Waals surface area contributed by atoms with Crippen LogP contribution in [0, 0.1) is 0 Å². The van der Waals surface area contributed by atoms with Crippen LogP contribution < -0.4 is 0 Å². The first-order valence-electron chi connectivity index (χ1n) is 7.42. The molecule has 4 aromatic rings. The monoisotopic (exact) mass is 403 g/mol. The van der Waals surface area contributed by atoms with Gasteiger partial charge in [0.2, 0.25) is 0 Å². The van der Waals surface area contributed by atoms with Crippen molar-refractivity contribution >= 4 is 40.4 Å². The lowest BCUT2D eigenvalue weighted by Gasteiger charge is -2.03. The van der Waals surface area contributed by atoms with Gasteiger partial charge in [-0.05, 0) is 23.6 Å². The van der Waals surface area contributed by atoms with E-state index >= 15 is 0 Å². The quantitative estimate of drug-likeness (QED) is 0.470. The molecule has 0 radical (unpaired) electrons. The molecular weight excluding hydrogens is 394 g/mol. The Bertz CT molecular complexity index is 1030. The molecule has 0 aliphatic carbocycles. The van der Waals surface area contributed by atoms with Crippen molar-refractivity contribution in [2.24, 2.45) is 0 Å². The minimum absolute atomic E-state index is 0.0310. The molecule has 1 aromatic carbocycles. The number of thiophene rings is 1. The lowest BCUT2D eigenvalue weighted by Crippen LogP contribution is -2.08. The molecular formula is C16H10ClN5O2S2. The fourth-order valence-electron chi connectivity index (χ4n) is 2.19. The molecule has 0 atom stereocenters. The standard InChI is InChI=1S/C16H10ClN5O2S2/c17-13-11(19-21-26-13)9-24-16(23)14-18-15(12-7-4-8-25-12)22(20-14)10-5-2-1-3-6-10/h1-8H,9H2. The fourth-order valence-corrected chi connectivity index (χ4v) is 3.49. The van der Waals surface area contributed by atoms with Gasteiger partial charge in [-0.25, -0.2) is 9.48 Å². The van der Waals surface area contributed by atoms with Gasteiger partial charge in [-0.15, -0.1) is 21.5 Å². The summed E-state index contributed by atoms with van der Waals surface area (Å²) >= 11 is 8.46. The largest absolute Gasteiger partial charge is 0.453 e. The number of para-hydroxylation sites is 1. The third-order valence-electron chi connectivity index (χ3n) is 3.38. The van der Waals surface area contributed by atoms with Gasteiger partial charge in [0.05, 0.1) is 10.6 Å². The molecule has 0 amide bonds. The predicted octanol–water partition coefficient (Wildman–Crippen LogP) is 3.86. The highest BCUT2D eigenvalue weighted by Crippen LogP contribution is 2.26. The second-order valence-electron chi connectivity index (χ2n) is 5.05. The van der Waals surface area contributed by atoms with Crippen LogP contribution in [0.15, 0.2) is 47.8 Å². The van der Waals surface area contributed by atoms with E-state index in [2.05, 4.69) is 19.7 Å². The highest BCUT2D eigenvalue weighted by atomic mass is 35.5. The zero-order valence-corrected chi connectivity index (χ0v) is 15.5. The van der Waals surface area contributed by atoms with E-state index in [1.807, 2.05) is 47.8 Å². The summed E-state index contributed by atoms with van der Waals surface area (Å²) in [5.74, 6) is -0.107. The number of esters is 1. The maximum Gasteiger partial charge on any atom is 0.378 e. The first-order chi connectivity index (χ1) is 12.7. The van der Waals surface area contributed by atoms with Gasteiger partial charge in [-0.3, -0.25) is 0 Å². The molecule has 3 aromatic heterocycles. The van der Waals surface area contributed by atoms with Crippen LogP contribution >= 0.6 is 34.5 Å². The molecule has 3 heterocycles. The molecule has 10 heteroatoms. The van der Waals surface area contributed by atoms with Gasteiger partial charge in [0.1, 0.15) is 16.6 Å². The summed E-state index contributed by atoms with van der Waals surface area (Å²) in [5.41, 5.74) is 1.21. The van der Waals surface area contributed by atoms with Crippen molar-refractivity contribution in [2.75, 3.05) is 0 Å². The highest BCUT2D eigenvalue weighted by molar-refractivity contribution is 7.13. The number of hydrogen-bond donors (Lipinski definition) is 0. The Morgan fingerprint density at radius 1 is 1.19 bits per heavy atom. The van der Waals surface area contributed by atoms with Crippen molar-refractivity contribution in [2.45, 2.75) is 6.61 Å². The van der Waals surface area contributed by atoms with Gasteiger partial charge >= 0.3 is 5.97 Å². The average Bonchev–Trinajstić information content (AvgIpc) is 3.41. The number of carbonyl (C=O) groups excluding carboxylic acids is 1. The molecule has 26 heavy (non-hydrogen) atoms. The van der Waals surface area contributed by atoms with Crippen molar-refractivity contribution in [3.8, 4) is 16.4 Å². The van der Waals surface area contributed by atoms with Gasteiger partial charge in [0.15, 0.2) is 5.82 Å². The summed E-state index contributed by atoms with van der Waals surface area (Å²) in [6.07, 6.45) is 0. The van der Waals surface area contributed by atoms with Crippen LogP contribution in [-0.2, 0) is 11.3 Å². The molecule has 0 aliphatic rings. The van der Waals surface area contributed by atoms with Crippen LogP contribution in [0.1, 0.15) is 16.3 Å². The molecule has 0 unspecified atom stereocenters. The lowest BCUT2D eigenvalue weighted by molar-refractivity contribution is 0.0453. The zero-order chi connectivity index (χ0) is 17.9. The second-order valence-corrected chi connectivity index (χ2v) is 7.36. The number of hydrogen-bond acceptors (Lipinski definition) is 8. The van der Waals surface area contributed by atoms with Gasteiger partial charge in [0, 0.05) is 11.5 Å². The average molecular weight is 404 g/mol. The second kappa shape index (κ2) is 7.32. The van der Waals surface area contributed by atoms with E-state index in [1.165, 1.54) is 11.3 Å². The van der Waals surface area contributed by atoms with E-state index in [-0.39, 0.29) is 12.4 Å². The number of ether oxygens (including phenoxy) is 1. The summed E-state index contributed by atoms with van der Waals surface area (Å²) in [6, 6.07) is 13.3. The maximum absolute atomic E-state index is 12.4. The maximum atomic E-state index is 12.4. The van der Waals surface area contributed by atoms with Crippen LogP contribution in [0.4, 0.5) is 0 Å². The molecule has 0 spiro atoms. The van der Waals surface area contributed by atoms with Crippen molar-refractivity contribution in [3.63, 3.8) is 0 Å². The molecule has 130 valence electrons. The number of nitrogens with zero attached hydrogens (tertiary/aromatic N) is 5. The molecule has 0 aliphatic heterocycles. The van der Waals surface area contributed by atoms with Gasteiger partial charge < -0.3 is 4.74 Å². The summed E-state index contributed by atoms with van der Waals surface area (Å²) < 4.78 is 10.9. The van der Waals surface area contributed by atoms with E-state index in [9.17, 15) is 4.79 Å². The van der Waals surface area contributed by atoms with Crippen LogP contribution in [0.3, 0.4) is 0 Å². The van der Waals surface area contributed by atoms with Gasteiger partial charge in [-0.1, -0.05) is 40.4 Å². The predicted molar refractivity (Wildman–Crippen MR) is 98.7 cm³/mol. The van der Waals surface area contributed by atoms with Crippen molar-refractivity contribution < 1.29 is 9.53 Å². The minimum atomic E-state index is -0.651. The van der Waals surface area contributed by atoms with Crippen molar-refractivity contribution in [3.05, 3.63) is 63.7 Å².